The summed E-state index contributed by atoms with van der Waals surface area (Å²) in [6.07, 6.45) is 11.9. The van der Waals surface area contributed by atoms with Gasteiger partial charge in [0.2, 0.25) is 0 Å². The maximum atomic E-state index is 4.06. The highest BCUT2D eigenvalue weighted by Crippen LogP contribution is 2.15. The number of rotatable bonds is 2. The van der Waals surface area contributed by atoms with Crippen molar-refractivity contribution in [2.45, 2.75) is 25.3 Å². The maximum absolute atomic E-state index is 4.06. The third-order valence-electron chi connectivity index (χ3n) is 2.27. The first-order valence-corrected chi connectivity index (χ1v) is 4.78. The van der Waals surface area contributed by atoms with Gasteiger partial charge in [-0.3, -0.25) is 4.98 Å². The van der Waals surface area contributed by atoms with Crippen LogP contribution in [-0.4, -0.2) is 11.0 Å². The van der Waals surface area contributed by atoms with Crippen LogP contribution in [0.15, 0.2) is 36.7 Å². The number of pyridine rings is 1. The summed E-state index contributed by atoms with van der Waals surface area (Å²) < 4.78 is 0. The highest BCUT2D eigenvalue weighted by molar-refractivity contribution is 5.42. The maximum Gasteiger partial charge on any atom is 0.0531 e. The molecule has 0 spiro atoms. The quantitative estimate of drug-likeness (QED) is 0.697. The fourth-order valence-corrected chi connectivity index (χ4v) is 1.59. The van der Waals surface area contributed by atoms with Gasteiger partial charge in [-0.15, -0.1) is 0 Å². The molecule has 1 aliphatic rings. The lowest BCUT2D eigenvalue weighted by Gasteiger charge is -2.18. The second-order valence-electron chi connectivity index (χ2n) is 3.35. The van der Waals surface area contributed by atoms with Gasteiger partial charge in [0.25, 0.3) is 0 Å². The number of hydrogen-bond acceptors (Lipinski definition) is 2. The van der Waals surface area contributed by atoms with Gasteiger partial charge >= 0.3 is 0 Å². The Kier molecular flexibility index (Phi) is 2.60. The monoisotopic (exact) mass is 174 g/mol. The summed E-state index contributed by atoms with van der Waals surface area (Å²) in [7, 11) is 0. The molecule has 0 amide bonds. The van der Waals surface area contributed by atoms with Crippen molar-refractivity contribution in [1.29, 1.82) is 0 Å². The van der Waals surface area contributed by atoms with Crippen LogP contribution in [0.25, 0.3) is 0 Å². The van der Waals surface area contributed by atoms with Gasteiger partial charge in [-0.05, 0) is 31.4 Å². The van der Waals surface area contributed by atoms with E-state index in [9.17, 15) is 0 Å². The lowest BCUT2D eigenvalue weighted by atomic mass is 10.0. The molecule has 0 bridgehead atoms. The molecule has 0 saturated heterocycles. The number of nitrogens with one attached hydrogen (secondary N) is 1. The molecule has 1 aromatic heterocycles. The van der Waals surface area contributed by atoms with Crippen LogP contribution in [0.2, 0.25) is 0 Å². The van der Waals surface area contributed by atoms with E-state index in [1.54, 1.807) is 6.20 Å². The van der Waals surface area contributed by atoms with Crippen molar-refractivity contribution < 1.29 is 0 Å². The Morgan fingerprint density at radius 1 is 1.46 bits per heavy atom. The van der Waals surface area contributed by atoms with Crippen LogP contribution < -0.4 is 5.32 Å². The fraction of sp³-hybridized carbons (Fsp3) is 0.364. The Balaban J connectivity index is 1.98. The van der Waals surface area contributed by atoms with Gasteiger partial charge in [0.05, 0.1) is 5.69 Å². The molecule has 0 aliphatic heterocycles. The van der Waals surface area contributed by atoms with Crippen molar-refractivity contribution in [2.24, 2.45) is 0 Å². The first-order chi connectivity index (χ1) is 6.45. The largest absolute Gasteiger partial charge is 0.378 e. The van der Waals surface area contributed by atoms with Gasteiger partial charge in [0.1, 0.15) is 0 Å². The van der Waals surface area contributed by atoms with Crippen molar-refractivity contribution >= 4 is 5.69 Å². The van der Waals surface area contributed by atoms with Crippen LogP contribution >= 0.6 is 0 Å². The molecule has 1 unspecified atom stereocenters. The number of aromatic nitrogens is 1. The lowest BCUT2D eigenvalue weighted by molar-refractivity contribution is 0.673. The molecular formula is C11H14N2. The molecule has 0 radical (unpaired) electrons. The van der Waals surface area contributed by atoms with Crippen LogP contribution in [0.4, 0.5) is 5.69 Å². The number of hydrogen-bond donors (Lipinski definition) is 1. The second kappa shape index (κ2) is 4.08. The third-order valence-corrected chi connectivity index (χ3v) is 2.27. The van der Waals surface area contributed by atoms with E-state index >= 15 is 0 Å². The van der Waals surface area contributed by atoms with E-state index in [0.29, 0.717) is 6.04 Å². The molecule has 1 atom stereocenters. The molecule has 68 valence electrons. The van der Waals surface area contributed by atoms with E-state index in [1.807, 2.05) is 12.3 Å². The third kappa shape index (κ3) is 2.31. The number of allylic oxidation sites excluding steroid dienone is 1. The molecule has 0 saturated carbocycles. The molecule has 13 heavy (non-hydrogen) atoms. The van der Waals surface area contributed by atoms with Gasteiger partial charge < -0.3 is 5.32 Å². The standard InChI is InChI=1S/C11H14N2/c1-2-5-10(6-3-1)13-11-7-4-8-12-9-11/h2,4-5,7-10,13H,1,3,6H2. The molecule has 2 rings (SSSR count). The van der Waals surface area contributed by atoms with E-state index in [-0.39, 0.29) is 0 Å². The Bertz CT molecular complexity index is 279. The van der Waals surface area contributed by atoms with Crippen molar-refractivity contribution in [1.82, 2.24) is 4.98 Å². The lowest BCUT2D eigenvalue weighted by Crippen LogP contribution is -2.18. The minimum Gasteiger partial charge on any atom is -0.378 e. The van der Waals surface area contributed by atoms with E-state index in [0.717, 1.165) is 5.69 Å². The highest BCUT2D eigenvalue weighted by atomic mass is 14.9. The van der Waals surface area contributed by atoms with Crippen molar-refractivity contribution in [2.75, 3.05) is 5.32 Å². The minimum absolute atomic E-state index is 0.498. The average molecular weight is 174 g/mol. The highest BCUT2D eigenvalue weighted by Gasteiger charge is 2.06. The van der Waals surface area contributed by atoms with E-state index in [1.165, 1.54) is 19.3 Å². The molecule has 1 aliphatic carbocycles. The molecule has 1 heterocycles. The van der Waals surface area contributed by atoms with E-state index < -0.39 is 0 Å². The van der Waals surface area contributed by atoms with Crippen LogP contribution in [-0.2, 0) is 0 Å². The zero-order chi connectivity index (χ0) is 8.93. The summed E-state index contributed by atoms with van der Waals surface area (Å²) in [5.74, 6) is 0. The van der Waals surface area contributed by atoms with Gasteiger partial charge in [-0.25, -0.2) is 0 Å². The summed E-state index contributed by atoms with van der Waals surface area (Å²) in [6, 6.07) is 4.50. The van der Waals surface area contributed by atoms with Crippen molar-refractivity contribution in [3.8, 4) is 0 Å². The predicted octanol–water partition coefficient (Wildman–Crippen LogP) is 2.60. The fourth-order valence-electron chi connectivity index (χ4n) is 1.59. The zero-order valence-corrected chi connectivity index (χ0v) is 7.61. The smallest absolute Gasteiger partial charge is 0.0531 e. The van der Waals surface area contributed by atoms with Crippen molar-refractivity contribution in [3.63, 3.8) is 0 Å². The molecule has 0 aromatic carbocycles. The Morgan fingerprint density at radius 3 is 3.15 bits per heavy atom. The van der Waals surface area contributed by atoms with Crippen molar-refractivity contribution in [3.05, 3.63) is 36.7 Å². The summed E-state index contributed by atoms with van der Waals surface area (Å²) >= 11 is 0. The van der Waals surface area contributed by atoms with Crippen LogP contribution in [0.5, 0.6) is 0 Å². The summed E-state index contributed by atoms with van der Waals surface area (Å²) in [5, 5.41) is 3.43. The molecule has 1 aromatic rings. The summed E-state index contributed by atoms with van der Waals surface area (Å²) in [5.41, 5.74) is 1.11. The molecule has 0 fully saturated rings. The zero-order valence-electron chi connectivity index (χ0n) is 7.61. The van der Waals surface area contributed by atoms with Crippen LogP contribution in [0.1, 0.15) is 19.3 Å². The topological polar surface area (TPSA) is 24.9 Å². The first kappa shape index (κ1) is 8.30. The normalized spacial score (nSPS) is 21.4. The van der Waals surface area contributed by atoms with Crippen LogP contribution in [0.3, 0.4) is 0 Å². The molecule has 2 nitrogen and oxygen atoms in total. The number of nitrogens with zero attached hydrogens (tertiary/aromatic N) is 1. The van der Waals surface area contributed by atoms with Gasteiger partial charge in [0.15, 0.2) is 0 Å². The second-order valence-corrected chi connectivity index (χ2v) is 3.35. The van der Waals surface area contributed by atoms with E-state index in [4.69, 9.17) is 0 Å². The van der Waals surface area contributed by atoms with Crippen LogP contribution in [0, 0.1) is 0 Å². The molecule has 1 N–H and O–H groups in total. The number of anilines is 1. The minimum atomic E-state index is 0.498. The predicted molar refractivity (Wildman–Crippen MR) is 54.6 cm³/mol. The van der Waals surface area contributed by atoms with Gasteiger partial charge in [-0.1, -0.05) is 12.2 Å². The Morgan fingerprint density at radius 2 is 2.46 bits per heavy atom. The SMILES string of the molecule is C1=CC(Nc2cccnc2)CCC1. The molecule has 2 heteroatoms. The first-order valence-electron chi connectivity index (χ1n) is 4.78. The summed E-state index contributed by atoms with van der Waals surface area (Å²) in [6.45, 7) is 0. The summed E-state index contributed by atoms with van der Waals surface area (Å²) in [4.78, 5) is 4.06. The Labute approximate surface area is 78.7 Å². The Hall–Kier alpha value is -1.31. The van der Waals surface area contributed by atoms with E-state index in [2.05, 4.69) is 28.5 Å². The average Bonchev–Trinajstić information content (AvgIpc) is 2.21. The molecular weight excluding hydrogens is 160 g/mol. The van der Waals surface area contributed by atoms with Gasteiger partial charge in [-0.2, -0.15) is 0 Å². The van der Waals surface area contributed by atoms with Gasteiger partial charge in [0, 0.05) is 18.4 Å².